The van der Waals surface area contributed by atoms with E-state index in [0.717, 1.165) is 19.4 Å². The minimum Gasteiger partial charge on any atom is -0.354 e. The number of carbonyl (C=O) groups is 1. The standard InChI is InChI=1S/C20H27N3O/c1-12(2)21-20(24)14-8-16-15-6-5-7-17-19(15)13(10-22(17)3)9-18(16)23(4)11-14/h5-7,10,12,14,16,18H,8-9,11H2,1-4H3,(H,21,24). The molecule has 1 amide bonds. The van der Waals surface area contributed by atoms with E-state index in [1.807, 2.05) is 13.8 Å². The van der Waals surface area contributed by atoms with Gasteiger partial charge in [0.25, 0.3) is 0 Å². The Labute approximate surface area is 143 Å². The Kier molecular flexibility index (Phi) is 3.68. The SMILES string of the molecule is CC(C)NC(=O)C1CC2c3cccc4c3c(cn4C)CC2N(C)C1. The van der Waals surface area contributed by atoms with Gasteiger partial charge in [-0.2, -0.15) is 0 Å². The molecule has 2 aromatic rings. The number of likely N-dealkylation sites (N-methyl/N-ethyl adjacent to an activating group) is 1. The molecule has 4 nitrogen and oxygen atoms in total. The van der Waals surface area contributed by atoms with Crippen molar-refractivity contribution in [1.29, 1.82) is 0 Å². The minimum atomic E-state index is 0.0826. The average Bonchev–Trinajstić information content (AvgIpc) is 2.85. The maximum absolute atomic E-state index is 12.6. The van der Waals surface area contributed by atoms with Crippen LogP contribution >= 0.6 is 0 Å². The van der Waals surface area contributed by atoms with E-state index < -0.39 is 0 Å². The van der Waals surface area contributed by atoms with E-state index in [2.05, 4.69) is 53.3 Å². The molecule has 1 aromatic heterocycles. The molecule has 1 saturated heterocycles. The van der Waals surface area contributed by atoms with Crippen molar-refractivity contribution in [3.63, 3.8) is 0 Å². The van der Waals surface area contributed by atoms with E-state index in [4.69, 9.17) is 0 Å². The lowest BCUT2D eigenvalue weighted by Gasteiger charge is -2.45. The molecule has 1 fully saturated rings. The van der Waals surface area contributed by atoms with Crippen LogP contribution < -0.4 is 5.32 Å². The van der Waals surface area contributed by atoms with Gasteiger partial charge in [0.05, 0.1) is 5.92 Å². The van der Waals surface area contributed by atoms with Gasteiger partial charge >= 0.3 is 0 Å². The van der Waals surface area contributed by atoms with Gasteiger partial charge in [-0.15, -0.1) is 0 Å². The lowest BCUT2D eigenvalue weighted by Crippen LogP contribution is -2.52. The van der Waals surface area contributed by atoms with Gasteiger partial charge in [-0.05, 0) is 50.9 Å². The van der Waals surface area contributed by atoms with Gasteiger partial charge in [0.1, 0.15) is 0 Å². The second kappa shape index (κ2) is 5.62. The zero-order chi connectivity index (χ0) is 17.0. The van der Waals surface area contributed by atoms with Crippen molar-refractivity contribution in [2.75, 3.05) is 13.6 Å². The summed E-state index contributed by atoms with van der Waals surface area (Å²) in [5.74, 6) is 0.741. The van der Waals surface area contributed by atoms with Gasteiger partial charge in [-0.25, -0.2) is 0 Å². The molecule has 24 heavy (non-hydrogen) atoms. The van der Waals surface area contributed by atoms with Crippen molar-refractivity contribution in [2.45, 2.75) is 44.7 Å². The zero-order valence-corrected chi connectivity index (χ0v) is 15.0. The summed E-state index contributed by atoms with van der Waals surface area (Å²) in [5.41, 5.74) is 4.21. The third kappa shape index (κ3) is 2.35. The topological polar surface area (TPSA) is 37.3 Å². The largest absolute Gasteiger partial charge is 0.354 e. The highest BCUT2D eigenvalue weighted by Crippen LogP contribution is 2.44. The molecular formula is C20H27N3O. The Balaban J connectivity index is 1.72. The van der Waals surface area contributed by atoms with Gasteiger partial charge in [-0.1, -0.05) is 12.1 Å². The van der Waals surface area contributed by atoms with Crippen molar-refractivity contribution in [3.8, 4) is 0 Å². The van der Waals surface area contributed by atoms with Crippen molar-refractivity contribution in [1.82, 2.24) is 14.8 Å². The van der Waals surface area contributed by atoms with Gasteiger partial charge in [0, 0.05) is 48.7 Å². The van der Waals surface area contributed by atoms with Gasteiger partial charge in [-0.3, -0.25) is 4.79 Å². The van der Waals surface area contributed by atoms with Crippen LogP contribution in [0, 0.1) is 5.92 Å². The molecule has 2 aliphatic rings. The molecule has 3 atom stereocenters. The van der Waals surface area contributed by atoms with Crippen LogP contribution in [0.5, 0.6) is 0 Å². The van der Waals surface area contributed by atoms with Crippen molar-refractivity contribution >= 4 is 16.8 Å². The first-order chi connectivity index (χ1) is 11.5. The molecule has 0 spiro atoms. The molecule has 1 aliphatic heterocycles. The molecule has 3 unspecified atom stereocenters. The number of hydrogen-bond donors (Lipinski definition) is 1. The maximum atomic E-state index is 12.6. The minimum absolute atomic E-state index is 0.0826. The number of piperidine rings is 1. The van der Waals surface area contributed by atoms with E-state index in [1.165, 1.54) is 22.0 Å². The third-order valence-corrected chi connectivity index (χ3v) is 5.83. The highest BCUT2D eigenvalue weighted by molar-refractivity contribution is 5.89. The lowest BCUT2D eigenvalue weighted by molar-refractivity contribution is -0.128. The first kappa shape index (κ1) is 15.7. The predicted molar refractivity (Wildman–Crippen MR) is 97.2 cm³/mol. The summed E-state index contributed by atoms with van der Waals surface area (Å²) in [5, 5.41) is 4.54. The summed E-state index contributed by atoms with van der Waals surface area (Å²) in [6, 6.07) is 7.36. The Morgan fingerprint density at radius 3 is 2.83 bits per heavy atom. The van der Waals surface area contributed by atoms with Crippen LogP contribution in [0.25, 0.3) is 10.9 Å². The highest BCUT2D eigenvalue weighted by Gasteiger charge is 2.41. The number of nitrogens with zero attached hydrogens (tertiary/aromatic N) is 2. The number of hydrogen-bond acceptors (Lipinski definition) is 2. The Morgan fingerprint density at radius 1 is 1.29 bits per heavy atom. The lowest BCUT2D eigenvalue weighted by atomic mass is 9.72. The van der Waals surface area contributed by atoms with Gasteiger partial charge in [0.2, 0.25) is 5.91 Å². The molecular weight excluding hydrogens is 298 g/mol. The van der Waals surface area contributed by atoms with Crippen LogP contribution in [0.3, 0.4) is 0 Å². The molecule has 0 bridgehead atoms. The van der Waals surface area contributed by atoms with Crippen LogP contribution in [0.1, 0.15) is 37.3 Å². The van der Waals surface area contributed by atoms with Gasteiger partial charge < -0.3 is 14.8 Å². The van der Waals surface area contributed by atoms with E-state index in [1.54, 1.807) is 0 Å². The molecule has 4 rings (SSSR count). The van der Waals surface area contributed by atoms with Crippen molar-refractivity contribution in [2.24, 2.45) is 13.0 Å². The van der Waals surface area contributed by atoms with Gasteiger partial charge in [0.15, 0.2) is 0 Å². The summed E-state index contributed by atoms with van der Waals surface area (Å²) >= 11 is 0. The number of aromatic nitrogens is 1. The molecule has 0 radical (unpaired) electrons. The number of fused-ring (bicyclic) bond motifs is 2. The monoisotopic (exact) mass is 325 g/mol. The average molecular weight is 325 g/mol. The Morgan fingerprint density at radius 2 is 2.08 bits per heavy atom. The first-order valence-corrected chi connectivity index (χ1v) is 9.03. The second-order valence-electron chi connectivity index (χ2n) is 7.92. The van der Waals surface area contributed by atoms with E-state index >= 15 is 0 Å². The number of amides is 1. The number of carbonyl (C=O) groups excluding carboxylic acids is 1. The third-order valence-electron chi connectivity index (χ3n) is 5.83. The quantitative estimate of drug-likeness (QED) is 0.922. The number of benzene rings is 1. The summed E-state index contributed by atoms with van der Waals surface area (Å²) in [7, 11) is 4.31. The summed E-state index contributed by atoms with van der Waals surface area (Å²) < 4.78 is 2.24. The van der Waals surface area contributed by atoms with Crippen LogP contribution in [0.2, 0.25) is 0 Å². The second-order valence-corrected chi connectivity index (χ2v) is 7.92. The molecule has 1 aliphatic carbocycles. The molecule has 2 heterocycles. The van der Waals surface area contributed by atoms with E-state index in [0.29, 0.717) is 12.0 Å². The van der Waals surface area contributed by atoms with E-state index in [-0.39, 0.29) is 17.9 Å². The molecule has 128 valence electrons. The molecule has 0 saturated carbocycles. The Bertz CT molecular complexity index is 792. The highest BCUT2D eigenvalue weighted by atomic mass is 16.2. The normalized spacial score (nSPS) is 26.6. The first-order valence-electron chi connectivity index (χ1n) is 9.03. The molecule has 4 heteroatoms. The number of likely N-dealkylation sites (tertiary alicyclic amines) is 1. The number of aryl methyl sites for hydroxylation is 1. The fourth-order valence-corrected chi connectivity index (χ4v) is 4.81. The molecule has 1 aromatic carbocycles. The van der Waals surface area contributed by atoms with Crippen molar-refractivity contribution in [3.05, 3.63) is 35.5 Å². The Hall–Kier alpha value is -1.81. The fourth-order valence-electron chi connectivity index (χ4n) is 4.81. The fraction of sp³-hybridized carbons (Fsp3) is 0.550. The van der Waals surface area contributed by atoms with E-state index in [9.17, 15) is 4.79 Å². The van der Waals surface area contributed by atoms with Crippen LogP contribution in [-0.2, 0) is 18.3 Å². The smallest absolute Gasteiger partial charge is 0.224 e. The number of rotatable bonds is 2. The van der Waals surface area contributed by atoms with Crippen LogP contribution in [0.15, 0.2) is 24.4 Å². The number of nitrogens with one attached hydrogen (secondary N) is 1. The van der Waals surface area contributed by atoms with Crippen molar-refractivity contribution < 1.29 is 4.79 Å². The molecule has 1 N–H and O–H groups in total. The summed E-state index contributed by atoms with van der Waals surface area (Å²) in [4.78, 5) is 15.0. The van der Waals surface area contributed by atoms with Crippen LogP contribution in [0.4, 0.5) is 0 Å². The summed E-state index contributed by atoms with van der Waals surface area (Å²) in [6.07, 6.45) is 4.34. The zero-order valence-electron chi connectivity index (χ0n) is 15.0. The summed E-state index contributed by atoms with van der Waals surface area (Å²) in [6.45, 7) is 4.92. The maximum Gasteiger partial charge on any atom is 0.224 e. The van der Waals surface area contributed by atoms with Crippen LogP contribution in [-0.4, -0.2) is 41.1 Å². The predicted octanol–water partition coefficient (Wildman–Crippen LogP) is 2.66.